The van der Waals surface area contributed by atoms with Gasteiger partial charge in [0, 0.05) is 25.8 Å². The number of nitrogens with one attached hydrogen (secondary N) is 1. The molecular formula is C12H18N6O2. The van der Waals surface area contributed by atoms with Crippen molar-refractivity contribution >= 4 is 11.6 Å². The Labute approximate surface area is 116 Å². The molecule has 0 atom stereocenters. The van der Waals surface area contributed by atoms with Crippen LogP contribution < -0.4 is 5.32 Å². The summed E-state index contributed by atoms with van der Waals surface area (Å²) in [6, 6.07) is 2.03. The largest absolute Gasteiger partial charge is 0.406 e. The fourth-order valence-electron chi connectivity index (χ4n) is 2.09. The third-order valence-corrected chi connectivity index (χ3v) is 3.03. The van der Waals surface area contributed by atoms with Crippen molar-refractivity contribution in [1.82, 2.24) is 19.3 Å². The van der Waals surface area contributed by atoms with E-state index >= 15 is 0 Å². The highest BCUT2D eigenvalue weighted by atomic mass is 16.6. The van der Waals surface area contributed by atoms with Crippen molar-refractivity contribution in [3.8, 4) is 0 Å². The molecule has 0 aliphatic rings. The van der Waals surface area contributed by atoms with Gasteiger partial charge in [-0.1, -0.05) is 0 Å². The standard InChI is InChI=1S/C12H18N6O2/c1-9-7-10(2)17(15-9)6-4-5-13-11-12(18(19)20)14-8-16(11)3/h7-8,13H,4-6H2,1-3H3. The smallest absolute Gasteiger partial charge is 0.364 e. The van der Waals surface area contributed by atoms with Gasteiger partial charge in [-0.25, -0.2) is 0 Å². The molecule has 8 heteroatoms. The van der Waals surface area contributed by atoms with Crippen molar-refractivity contribution in [3.05, 3.63) is 33.9 Å². The van der Waals surface area contributed by atoms with Crippen LogP contribution in [0.2, 0.25) is 0 Å². The van der Waals surface area contributed by atoms with Gasteiger partial charge < -0.3 is 15.4 Å². The maximum atomic E-state index is 10.8. The lowest BCUT2D eigenvalue weighted by Gasteiger charge is -2.07. The Morgan fingerprint density at radius 3 is 2.80 bits per heavy atom. The zero-order valence-electron chi connectivity index (χ0n) is 11.8. The van der Waals surface area contributed by atoms with Gasteiger partial charge in [0.15, 0.2) is 0 Å². The van der Waals surface area contributed by atoms with Crippen molar-refractivity contribution < 1.29 is 4.92 Å². The minimum atomic E-state index is -0.483. The quantitative estimate of drug-likeness (QED) is 0.493. The van der Waals surface area contributed by atoms with E-state index in [2.05, 4.69) is 15.4 Å². The van der Waals surface area contributed by atoms with Gasteiger partial charge in [0.1, 0.15) is 0 Å². The molecule has 0 aliphatic carbocycles. The summed E-state index contributed by atoms with van der Waals surface area (Å²) in [6.45, 7) is 5.37. The van der Waals surface area contributed by atoms with Crippen molar-refractivity contribution in [2.24, 2.45) is 7.05 Å². The van der Waals surface area contributed by atoms with Crippen LogP contribution in [0.3, 0.4) is 0 Å². The minimum absolute atomic E-state index is 0.140. The molecule has 108 valence electrons. The summed E-state index contributed by atoms with van der Waals surface area (Å²) in [5.74, 6) is 0.294. The van der Waals surface area contributed by atoms with Crippen molar-refractivity contribution in [1.29, 1.82) is 0 Å². The van der Waals surface area contributed by atoms with Gasteiger partial charge in [0.25, 0.3) is 0 Å². The van der Waals surface area contributed by atoms with Gasteiger partial charge in [0.2, 0.25) is 12.1 Å². The maximum Gasteiger partial charge on any atom is 0.406 e. The van der Waals surface area contributed by atoms with E-state index in [0.717, 1.165) is 24.4 Å². The molecule has 0 aromatic carbocycles. The molecule has 0 saturated heterocycles. The number of imidazole rings is 1. The summed E-state index contributed by atoms with van der Waals surface area (Å²) in [5.41, 5.74) is 2.12. The first-order valence-electron chi connectivity index (χ1n) is 6.39. The second kappa shape index (κ2) is 5.72. The van der Waals surface area contributed by atoms with E-state index < -0.39 is 4.92 Å². The normalized spacial score (nSPS) is 10.8. The Bertz CT molecular complexity index is 615. The lowest BCUT2D eigenvalue weighted by molar-refractivity contribution is -0.388. The molecule has 0 amide bonds. The molecule has 20 heavy (non-hydrogen) atoms. The van der Waals surface area contributed by atoms with E-state index in [-0.39, 0.29) is 5.82 Å². The molecular weight excluding hydrogens is 260 g/mol. The summed E-state index contributed by atoms with van der Waals surface area (Å²) in [7, 11) is 1.73. The molecule has 0 unspecified atom stereocenters. The summed E-state index contributed by atoms with van der Waals surface area (Å²) >= 11 is 0. The van der Waals surface area contributed by atoms with E-state index in [9.17, 15) is 10.1 Å². The number of nitrogens with zero attached hydrogens (tertiary/aromatic N) is 5. The number of aryl methyl sites for hydroxylation is 4. The predicted octanol–water partition coefficient (Wildman–Crippen LogP) is 1.64. The monoisotopic (exact) mass is 278 g/mol. The Hall–Kier alpha value is -2.38. The lowest BCUT2D eigenvalue weighted by Crippen LogP contribution is -2.11. The molecule has 0 saturated carbocycles. The van der Waals surface area contributed by atoms with Gasteiger partial charge in [-0.05, 0) is 36.2 Å². The fourth-order valence-corrected chi connectivity index (χ4v) is 2.09. The molecule has 0 fully saturated rings. The molecule has 2 rings (SSSR count). The van der Waals surface area contributed by atoms with Crippen LogP contribution in [0.5, 0.6) is 0 Å². The Morgan fingerprint density at radius 1 is 1.45 bits per heavy atom. The van der Waals surface area contributed by atoms with Crippen LogP contribution in [0.1, 0.15) is 17.8 Å². The molecule has 2 heterocycles. The second-order valence-corrected chi connectivity index (χ2v) is 4.72. The van der Waals surface area contributed by atoms with Crippen LogP contribution in [-0.2, 0) is 13.6 Å². The summed E-state index contributed by atoms with van der Waals surface area (Å²) < 4.78 is 3.55. The highest BCUT2D eigenvalue weighted by Crippen LogP contribution is 2.20. The maximum absolute atomic E-state index is 10.8. The molecule has 2 aromatic heterocycles. The first-order chi connectivity index (χ1) is 9.49. The second-order valence-electron chi connectivity index (χ2n) is 4.72. The van der Waals surface area contributed by atoms with Crippen LogP contribution in [0.4, 0.5) is 11.6 Å². The van der Waals surface area contributed by atoms with Gasteiger partial charge in [-0.2, -0.15) is 5.10 Å². The molecule has 0 bridgehead atoms. The van der Waals surface area contributed by atoms with E-state index in [1.54, 1.807) is 11.6 Å². The summed E-state index contributed by atoms with van der Waals surface area (Å²) in [5, 5.41) is 18.2. The molecule has 0 spiro atoms. The number of anilines is 1. The number of aromatic nitrogens is 4. The predicted molar refractivity (Wildman–Crippen MR) is 74.7 cm³/mol. The van der Waals surface area contributed by atoms with E-state index in [0.29, 0.717) is 12.4 Å². The zero-order valence-corrected chi connectivity index (χ0v) is 11.8. The van der Waals surface area contributed by atoms with Crippen LogP contribution in [0, 0.1) is 24.0 Å². The highest BCUT2D eigenvalue weighted by molar-refractivity contribution is 5.51. The number of hydrogen-bond donors (Lipinski definition) is 1. The minimum Gasteiger partial charge on any atom is -0.364 e. The number of rotatable bonds is 6. The van der Waals surface area contributed by atoms with Crippen LogP contribution >= 0.6 is 0 Å². The van der Waals surface area contributed by atoms with Gasteiger partial charge in [0.05, 0.1) is 5.69 Å². The van der Waals surface area contributed by atoms with Crippen LogP contribution in [0.25, 0.3) is 0 Å². The Kier molecular flexibility index (Phi) is 4.02. The summed E-state index contributed by atoms with van der Waals surface area (Å²) in [6.07, 6.45) is 2.26. The van der Waals surface area contributed by atoms with E-state index in [1.165, 1.54) is 6.33 Å². The van der Waals surface area contributed by atoms with E-state index in [4.69, 9.17) is 0 Å². The topological polar surface area (TPSA) is 90.8 Å². The van der Waals surface area contributed by atoms with Crippen molar-refractivity contribution in [2.45, 2.75) is 26.8 Å². The SMILES string of the molecule is Cc1cc(C)n(CCCNc2c([N+](=O)[O-])ncn2C)n1. The average molecular weight is 278 g/mol. The average Bonchev–Trinajstić information content (AvgIpc) is 2.88. The van der Waals surface area contributed by atoms with Crippen molar-refractivity contribution in [2.75, 3.05) is 11.9 Å². The van der Waals surface area contributed by atoms with Gasteiger partial charge in [-0.15, -0.1) is 0 Å². The van der Waals surface area contributed by atoms with Gasteiger partial charge >= 0.3 is 5.82 Å². The first kappa shape index (κ1) is 14.0. The van der Waals surface area contributed by atoms with Crippen LogP contribution in [0.15, 0.2) is 12.4 Å². The highest BCUT2D eigenvalue weighted by Gasteiger charge is 2.19. The molecule has 1 N–H and O–H groups in total. The third-order valence-electron chi connectivity index (χ3n) is 3.03. The molecule has 0 aliphatic heterocycles. The number of hydrogen-bond acceptors (Lipinski definition) is 5. The van der Waals surface area contributed by atoms with Gasteiger partial charge in [-0.3, -0.25) is 9.25 Å². The Morgan fingerprint density at radius 2 is 2.20 bits per heavy atom. The first-order valence-corrected chi connectivity index (χ1v) is 6.39. The summed E-state index contributed by atoms with van der Waals surface area (Å²) in [4.78, 5) is 14.1. The van der Waals surface area contributed by atoms with Crippen LogP contribution in [-0.4, -0.2) is 30.8 Å². The molecule has 2 aromatic rings. The zero-order chi connectivity index (χ0) is 14.7. The molecule has 0 radical (unpaired) electrons. The fraction of sp³-hybridized carbons (Fsp3) is 0.500. The molecule has 8 nitrogen and oxygen atoms in total. The third kappa shape index (κ3) is 2.95. The lowest BCUT2D eigenvalue weighted by atomic mass is 10.4. The Balaban J connectivity index is 1.89. The van der Waals surface area contributed by atoms with E-state index in [1.807, 2.05) is 24.6 Å². The van der Waals surface area contributed by atoms with Crippen molar-refractivity contribution in [3.63, 3.8) is 0 Å². The number of nitro groups is 1.